The highest BCUT2D eigenvalue weighted by atomic mass is 32.1. The van der Waals surface area contributed by atoms with E-state index in [2.05, 4.69) is 41.3 Å². The van der Waals surface area contributed by atoms with Crippen molar-refractivity contribution < 1.29 is 13.6 Å². The number of anilines is 2. The standard InChI is InChI=1S/C23H24F2N4OS2/c1-14-3-5-18(11-15(14)2)26-22-27-29(23(31)32-22)13-28-9-7-16(8-10-28)21(30)19-12-17(24)4-6-20(19)25/h3-6,11-12,16H,7-10,13H2,1-2H3,(H,26,27). The Morgan fingerprint density at radius 2 is 1.91 bits per heavy atom. The Balaban J connectivity index is 1.36. The molecule has 1 aliphatic heterocycles. The minimum absolute atomic E-state index is 0.160. The van der Waals surface area contributed by atoms with Crippen LogP contribution in [0.15, 0.2) is 36.4 Å². The molecule has 1 N–H and O–H groups in total. The van der Waals surface area contributed by atoms with Crippen LogP contribution in [0.1, 0.15) is 34.3 Å². The van der Waals surface area contributed by atoms with Crippen molar-refractivity contribution in [2.24, 2.45) is 5.92 Å². The Hall–Kier alpha value is -2.49. The first-order chi connectivity index (χ1) is 15.3. The first-order valence-electron chi connectivity index (χ1n) is 10.4. The number of hydrogen-bond donors (Lipinski definition) is 1. The lowest BCUT2D eigenvalue weighted by molar-refractivity contribution is 0.0800. The summed E-state index contributed by atoms with van der Waals surface area (Å²) in [5, 5.41) is 8.63. The molecule has 0 atom stereocenters. The molecule has 0 radical (unpaired) electrons. The fourth-order valence-corrected chi connectivity index (χ4v) is 4.83. The Kier molecular flexibility index (Phi) is 6.78. The van der Waals surface area contributed by atoms with Gasteiger partial charge in [-0.2, -0.15) is 0 Å². The Bertz CT molecular complexity index is 1200. The van der Waals surface area contributed by atoms with Gasteiger partial charge in [0.05, 0.1) is 12.2 Å². The quantitative estimate of drug-likeness (QED) is 0.358. The maximum atomic E-state index is 14.0. The fraction of sp³-hybridized carbons (Fsp3) is 0.348. The van der Waals surface area contributed by atoms with Gasteiger partial charge in [-0.05, 0) is 80.4 Å². The highest BCUT2D eigenvalue weighted by Gasteiger charge is 2.28. The van der Waals surface area contributed by atoms with Crippen LogP contribution in [0.2, 0.25) is 0 Å². The third-order valence-electron chi connectivity index (χ3n) is 5.85. The molecule has 0 aliphatic carbocycles. The first kappa shape index (κ1) is 22.7. The smallest absolute Gasteiger partial charge is 0.209 e. The minimum Gasteiger partial charge on any atom is -0.330 e. The fourth-order valence-electron chi connectivity index (χ4n) is 3.82. The molecule has 9 heteroatoms. The number of aromatic nitrogens is 2. The number of piperidine rings is 1. The molecule has 2 heterocycles. The SMILES string of the molecule is Cc1ccc(Nc2nn(CN3CCC(C(=O)c4cc(F)ccc4F)CC3)c(=S)s2)cc1C. The normalized spacial score (nSPS) is 15.1. The van der Waals surface area contributed by atoms with Crippen molar-refractivity contribution in [1.82, 2.24) is 14.7 Å². The average Bonchev–Trinajstić information content (AvgIpc) is 3.11. The van der Waals surface area contributed by atoms with E-state index in [9.17, 15) is 13.6 Å². The van der Waals surface area contributed by atoms with Crippen LogP contribution in [0.4, 0.5) is 19.6 Å². The van der Waals surface area contributed by atoms with Crippen molar-refractivity contribution in [3.63, 3.8) is 0 Å². The number of hydrogen-bond acceptors (Lipinski definition) is 6. The van der Waals surface area contributed by atoms with E-state index in [0.717, 1.165) is 29.0 Å². The van der Waals surface area contributed by atoms with Crippen LogP contribution in [0.25, 0.3) is 0 Å². The van der Waals surface area contributed by atoms with Gasteiger partial charge in [0.1, 0.15) is 11.6 Å². The van der Waals surface area contributed by atoms with Gasteiger partial charge in [0.15, 0.2) is 9.74 Å². The summed E-state index contributed by atoms with van der Waals surface area (Å²) < 4.78 is 29.8. The third kappa shape index (κ3) is 5.11. The molecule has 1 aromatic heterocycles. The number of carbonyl (C=O) groups is 1. The van der Waals surface area contributed by atoms with E-state index in [0.29, 0.717) is 36.6 Å². The van der Waals surface area contributed by atoms with E-state index in [-0.39, 0.29) is 17.3 Å². The molecule has 0 spiro atoms. The largest absolute Gasteiger partial charge is 0.330 e. The van der Waals surface area contributed by atoms with Crippen LogP contribution in [0.5, 0.6) is 0 Å². The molecule has 1 fully saturated rings. The number of rotatable bonds is 6. The average molecular weight is 475 g/mol. The van der Waals surface area contributed by atoms with Crippen molar-refractivity contribution in [3.05, 3.63) is 68.7 Å². The third-order valence-corrected chi connectivity index (χ3v) is 7.07. The predicted octanol–water partition coefficient (Wildman–Crippen LogP) is 5.87. The number of halogens is 2. The molecule has 0 bridgehead atoms. The van der Waals surface area contributed by atoms with Crippen molar-refractivity contribution in [2.45, 2.75) is 33.4 Å². The van der Waals surface area contributed by atoms with Gasteiger partial charge in [0, 0.05) is 24.7 Å². The van der Waals surface area contributed by atoms with Crippen LogP contribution >= 0.6 is 23.6 Å². The van der Waals surface area contributed by atoms with Gasteiger partial charge in [-0.25, -0.2) is 13.5 Å². The number of ketones is 1. The summed E-state index contributed by atoms with van der Waals surface area (Å²) in [4.78, 5) is 14.8. The summed E-state index contributed by atoms with van der Waals surface area (Å²) in [5.41, 5.74) is 3.24. The van der Waals surface area contributed by atoms with Crippen LogP contribution in [-0.2, 0) is 6.67 Å². The lowest BCUT2D eigenvalue weighted by atomic mass is 9.89. The lowest BCUT2D eigenvalue weighted by Gasteiger charge is -2.31. The van der Waals surface area contributed by atoms with E-state index in [1.54, 1.807) is 4.68 Å². The van der Waals surface area contributed by atoms with Crippen LogP contribution in [0, 0.1) is 35.4 Å². The number of benzene rings is 2. The molecule has 0 amide bonds. The van der Waals surface area contributed by atoms with E-state index in [1.807, 2.05) is 6.07 Å². The van der Waals surface area contributed by atoms with Crippen molar-refractivity contribution >= 4 is 40.2 Å². The maximum Gasteiger partial charge on any atom is 0.209 e. The highest BCUT2D eigenvalue weighted by Crippen LogP contribution is 2.26. The van der Waals surface area contributed by atoms with Crippen molar-refractivity contribution in [3.8, 4) is 0 Å². The van der Waals surface area contributed by atoms with Gasteiger partial charge in [-0.15, -0.1) is 5.10 Å². The van der Waals surface area contributed by atoms with Gasteiger partial charge in [-0.1, -0.05) is 17.4 Å². The molecule has 0 unspecified atom stereocenters. The molecular formula is C23H24F2N4OS2. The molecule has 168 valence electrons. The number of aryl methyl sites for hydroxylation is 2. The summed E-state index contributed by atoms with van der Waals surface area (Å²) >= 11 is 6.89. The number of Topliss-reactive ketones (excluding diaryl/α,β-unsaturated/α-hetero) is 1. The van der Waals surface area contributed by atoms with Crippen LogP contribution in [0.3, 0.4) is 0 Å². The maximum absolute atomic E-state index is 14.0. The number of likely N-dealkylation sites (tertiary alicyclic amines) is 1. The summed E-state index contributed by atoms with van der Waals surface area (Å²) in [6.45, 7) is 5.99. The second-order valence-electron chi connectivity index (χ2n) is 8.12. The van der Waals surface area contributed by atoms with Gasteiger partial charge < -0.3 is 5.32 Å². The second-order valence-corrected chi connectivity index (χ2v) is 9.74. The van der Waals surface area contributed by atoms with E-state index in [4.69, 9.17) is 12.2 Å². The first-order valence-corrected chi connectivity index (χ1v) is 11.7. The molecule has 0 saturated carbocycles. The Morgan fingerprint density at radius 3 is 2.62 bits per heavy atom. The monoisotopic (exact) mass is 474 g/mol. The van der Waals surface area contributed by atoms with Crippen molar-refractivity contribution in [2.75, 3.05) is 18.4 Å². The predicted molar refractivity (Wildman–Crippen MR) is 125 cm³/mol. The summed E-state index contributed by atoms with van der Waals surface area (Å²) in [7, 11) is 0. The summed E-state index contributed by atoms with van der Waals surface area (Å²) in [6, 6.07) is 9.17. The Morgan fingerprint density at radius 1 is 1.16 bits per heavy atom. The minimum atomic E-state index is -0.670. The molecule has 32 heavy (non-hydrogen) atoms. The molecule has 5 nitrogen and oxygen atoms in total. The summed E-state index contributed by atoms with van der Waals surface area (Å²) in [6.07, 6.45) is 1.17. The molecule has 1 saturated heterocycles. The highest BCUT2D eigenvalue weighted by molar-refractivity contribution is 7.73. The molecule has 4 rings (SSSR count). The Labute approximate surface area is 194 Å². The van der Waals surface area contributed by atoms with Gasteiger partial charge in [0.25, 0.3) is 0 Å². The van der Waals surface area contributed by atoms with E-state index < -0.39 is 11.6 Å². The zero-order valence-corrected chi connectivity index (χ0v) is 19.5. The van der Waals surface area contributed by atoms with Gasteiger partial charge in [0.2, 0.25) is 5.13 Å². The zero-order chi connectivity index (χ0) is 22.8. The van der Waals surface area contributed by atoms with Gasteiger partial charge >= 0.3 is 0 Å². The van der Waals surface area contributed by atoms with Crippen LogP contribution in [-0.4, -0.2) is 33.6 Å². The topological polar surface area (TPSA) is 50.2 Å². The molecule has 2 aromatic carbocycles. The molecule has 3 aromatic rings. The summed E-state index contributed by atoms with van der Waals surface area (Å²) in [5.74, 6) is -1.91. The number of nitrogens with one attached hydrogen (secondary N) is 1. The van der Waals surface area contributed by atoms with E-state index in [1.165, 1.54) is 22.5 Å². The lowest BCUT2D eigenvalue weighted by Crippen LogP contribution is -2.37. The number of carbonyl (C=O) groups excluding carboxylic acids is 1. The van der Waals surface area contributed by atoms with E-state index >= 15 is 0 Å². The number of nitrogens with zero attached hydrogens (tertiary/aromatic N) is 3. The molecule has 1 aliphatic rings. The van der Waals surface area contributed by atoms with Crippen molar-refractivity contribution in [1.29, 1.82) is 0 Å². The second kappa shape index (κ2) is 9.56. The zero-order valence-electron chi connectivity index (χ0n) is 17.9. The van der Waals surface area contributed by atoms with Crippen LogP contribution < -0.4 is 5.32 Å². The molecular weight excluding hydrogens is 450 g/mol. The van der Waals surface area contributed by atoms with Gasteiger partial charge in [-0.3, -0.25) is 9.69 Å².